The van der Waals surface area contributed by atoms with E-state index in [2.05, 4.69) is 10.4 Å². The van der Waals surface area contributed by atoms with Gasteiger partial charge in [-0.05, 0) is 42.3 Å². The van der Waals surface area contributed by atoms with E-state index in [1.807, 2.05) is 47.8 Å². The topological polar surface area (TPSA) is 73.2 Å². The molecule has 1 amide bonds. The second-order valence-electron chi connectivity index (χ2n) is 7.53. The molecule has 2 heterocycles. The molecule has 1 aliphatic carbocycles. The van der Waals surface area contributed by atoms with E-state index in [0.717, 1.165) is 23.4 Å². The lowest BCUT2D eigenvalue weighted by Gasteiger charge is -2.21. The van der Waals surface area contributed by atoms with Gasteiger partial charge in [0.05, 0.1) is 10.6 Å². The van der Waals surface area contributed by atoms with Crippen molar-refractivity contribution in [3.05, 3.63) is 59.6 Å². The minimum atomic E-state index is -0.548. The van der Waals surface area contributed by atoms with Crippen molar-refractivity contribution >= 4 is 23.2 Å². The Morgan fingerprint density at radius 2 is 1.90 bits per heavy atom. The van der Waals surface area contributed by atoms with Crippen LogP contribution in [-0.4, -0.2) is 34.8 Å². The molecule has 0 spiro atoms. The van der Waals surface area contributed by atoms with Crippen LogP contribution in [0.4, 0.5) is 0 Å². The van der Waals surface area contributed by atoms with Crippen molar-refractivity contribution in [2.24, 2.45) is 5.92 Å². The highest BCUT2D eigenvalue weighted by atomic mass is 32.1. The number of esters is 1. The van der Waals surface area contributed by atoms with Crippen molar-refractivity contribution in [2.75, 3.05) is 13.2 Å². The Kier molecular flexibility index (Phi) is 6.59. The minimum Gasteiger partial charge on any atom is -0.452 e. The second-order valence-corrected chi connectivity index (χ2v) is 8.48. The number of para-hydroxylation sites is 1. The lowest BCUT2D eigenvalue weighted by molar-refractivity contribution is -0.124. The average molecular weight is 424 g/mol. The summed E-state index contributed by atoms with van der Waals surface area (Å²) >= 11 is 1.50. The predicted octanol–water partition coefficient (Wildman–Crippen LogP) is 4.45. The summed E-state index contributed by atoms with van der Waals surface area (Å²) in [6, 6.07) is 13.4. The number of hydrogen-bond acceptors (Lipinski definition) is 5. The van der Waals surface area contributed by atoms with Gasteiger partial charge in [0.2, 0.25) is 0 Å². The fourth-order valence-corrected chi connectivity index (χ4v) is 4.46. The molecular formula is C23H25N3O3S. The van der Waals surface area contributed by atoms with Crippen LogP contribution in [0.1, 0.15) is 42.5 Å². The largest absolute Gasteiger partial charge is 0.452 e. The lowest BCUT2D eigenvalue weighted by atomic mass is 9.89. The van der Waals surface area contributed by atoms with Crippen LogP contribution in [0, 0.1) is 5.92 Å². The highest BCUT2D eigenvalue weighted by Crippen LogP contribution is 2.28. The molecule has 0 aliphatic heterocycles. The Balaban J connectivity index is 1.42. The first-order valence-electron chi connectivity index (χ1n) is 10.3. The van der Waals surface area contributed by atoms with E-state index in [4.69, 9.17) is 4.74 Å². The number of benzene rings is 1. The van der Waals surface area contributed by atoms with Crippen LogP contribution in [0.15, 0.2) is 54.0 Å². The maximum atomic E-state index is 12.8. The predicted molar refractivity (Wildman–Crippen MR) is 117 cm³/mol. The molecule has 4 rings (SSSR count). The maximum absolute atomic E-state index is 12.8. The third kappa shape index (κ3) is 4.97. The number of amides is 1. The molecule has 0 radical (unpaired) electrons. The van der Waals surface area contributed by atoms with Crippen LogP contribution in [0.5, 0.6) is 0 Å². The first-order valence-corrected chi connectivity index (χ1v) is 11.2. The van der Waals surface area contributed by atoms with E-state index in [9.17, 15) is 9.59 Å². The van der Waals surface area contributed by atoms with Gasteiger partial charge in [-0.2, -0.15) is 5.10 Å². The van der Waals surface area contributed by atoms with Crippen LogP contribution in [0.3, 0.4) is 0 Å². The Morgan fingerprint density at radius 1 is 1.10 bits per heavy atom. The molecule has 156 valence electrons. The van der Waals surface area contributed by atoms with Crippen LogP contribution >= 0.6 is 11.3 Å². The molecule has 1 N–H and O–H groups in total. The number of aromatic nitrogens is 2. The Morgan fingerprint density at radius 3 is 2.63 bits per heavy atom. The zero-order chi connectivity index (χ0) is 20.8. The summed E-state index contributed by atoms with van der Waals surface area (Å²) in [7, 11) is 0. The second kappa shape index (κ2) is 9.71. The summed E-state index contributed by atoms with van der Waals surface area (Å²) in [4.78, 5) is 25.8. The molecule has 30 heavy (non-hydrogen) atoms. The van der Waals surface area contributed by atoms with E-state index in [0.29, 0.717) is 23.7 Å². The van der Waals surface area contributed by atoms with Gasteiger partial charge in [-0.3, -0.25) is 4.79 Å². The van der Waals surface area contributed by atoms with Gasteiger partial charge in [0, 0.05) is 12.7 Å². The van der Waals surface area contributed by atoms with Crippen molar-refractivity contribution in [3.63, 3.8) is 0 Å². The number of ether oxygens (including phenoxy) is 1. The molecule has 6 nitrogen and oxygen atoms in total. The third-order valence-corrected chi connectivity index (χ3v) is 6.23. The molecule has 1 aliphatic rings. The average Bonchev–Trinajstić information content (AvgIpc) is 3.47. The fraction of sp³-hybridized carbons (Fsp3) is 0.348. The highest BCUT2D eigenvalue weighted by Gasteiger charge is 2.22. The third-order valence-electron chi connectivity index (χ3n) is 5.36. The molecule has 0 unspecified atom stereocenters. The normalized spacial score (nSPS) is 14.4. The van der Waals surface area contributed by atoms with Crippen LogP contribution in [0.25, 0.3) is 16.3 Å². The molecule has 1 aromatic carbocycles. The van der Waals surface area contributed by atoms with Gasteiger partial charge >= 0.3 is 5.97 Å². The van der Waals surface area contributed by atoms with Gasteiger partial charge in [0.1, 0.15) is 11.3 Å². The van der Waals surface area contributed by atoms with E-state index < -0.39 is 5.97 Å². The molecular weight excluding hydrogens is 398 g/mol. The number of nitrogens with zero attached hydrogens (tertiary/aromatic N) is 2. The number of nitrogens with one attached hydrogen (secondary N) is 1. The van der Waals surface area contributed by atoms with Crippen molar-refractivity contribution in [3.8, 4) is 16.3 Å². The molecule has 1 saturated carbocycles. The first-order chi connectivity index (χ1) is 14.7. The number of thiophene rings is 1. The lowest BCUT2D eigenvalue weighted by Crippen LogP contribution is -2.33. The summed E-state index contributed by atoms with van der Waals surface area (Å²) in [5.74, 6) is -0.275. The van der Waals surface area contributed by atoms with Crippen LogP contribution in [-0.2, 0) is 9.53 Å². The van der Waals surface area contributed by atoms with E-state index >= 15 is 0 Å². The maximum Gasteiger partial charge on any atom is 0.342 e. The van der Waals surface area contributed by atoms with Crippen molar-refractivity contribution in [2.45, 2.75) is 32.1 Å². The van der Waals surface area contributed by atoms with Gasteiger partial charge in [0.25, 0.3) is 5.91 Å². The first kappa shape index (κ1) is 20.3. The van der Waals surface area contributed by atoms with E-state index in [-0.39, 0.29) is 12.5 Å². The summed E-state index contributed by atoms with van der Waals surface area (Å²) < 4.78 is 6.98. The number of carbonyl (C=O) groups is 2. The quantitative estimate of drug-likeness (QED) is 0.570. The van der Waals surface area contributed by atoms with Gasteiger partial charge in [-0.15, -0.1) is 11.3 Å². The monoisotopic (exact) mass is 423 g/mol. The van der Waals surface area contributed by atoms with Crippen molar-refractivity contribution in [1.29, 1.82) is 0 Å². The highest BCUT2D eigenvalue weighted by molar-refractivity contribution is 7.13. The Bertz CT molecular complexity index is 977. The molecule has 0 saturated heterocycles. The van der Waals surface area contributed by atoms with Gasteiger partial charge in [-0.1, -0.05) is 43.5 Å². The van der Waals surface area contributed by atoms with Crippen LogP contribution in [0.2, 0.25) is 0 Å². The van der Waals surface area contributed by atoms with Crippen molar-refractivity contribution in [1.82, 2.24) is 15.1 Å². The smallest absolute Gasteiger partial charge is 0.342 e. The Labute approximate surface area is 179 Å². The summed E-state index contributed by atoms with van der Waals surface area (Å²) in [5, 5.41) is 9.43. The zero-order valence-corrected chi connectivity index (χ0v) is 17.6. The summed E-state index contributed by atoms with van der Waals surface area (Å²) in [6.07, 6.45) is 7.71. The minimum absolute atomic E-state index is 0.262. The zero-order valence-electron chi connectivity index (χ0n) is 16.8. The number of carbonyl (C=O) groups excluding carboxylic acids is 2. The standard InChI is InChI=1S/C23H25N3O3S/c27-21(24-14-17-8-3-1-4-9-17)16-29-23(28)19-15-26(18-10-5-2-6-11-18)25-22(19)20-12-7-13-30-20/h2,5-7,10-13,15,17H,1,3-4,8-9,14,16H2,(H,24,27). The summed E-state index contributed by atoms with van der Waals surface area (Å²) in [5.41, 5.74) is 1.75. The SMILES string of the molecule is O=C(COC(=O)c1cn(-c2ccccc2)nc1-c1cccs1)NCC1CCCCC1. The fourth-order valence-electron chi connectivity index (χ4n) is 3.74. The molecule has 3 aromatic rings. The van der Waals surface area contributed by atoms with Crippen molar-refractivity contribution < 1.29 is 14.3 Å². The summed E-state index contributed by atoms with van der Waals surface area (Å²) in [6.45, 7) is 0.370. The molecule has 2 aromatic heterocycles. The number of hydrogen-bond donors (Lipinski definition) is 1. The Hall–Kier alpha value is -2.93. The molecule has 0 atom stereocenters. The van der Waals surface area contributed by atoms with Gasteiger partial charge in [-0.25, -0.2) is 9.48 Å². The molecule has 0 bridgehead atoms. The van der Waals surface area contributed by atoms with E-state index in [1.165, 1.54) is 30.6 Å². The van der Waals surface area contributed by atoms with Crippen LogP contribution < -0.4 is 5.32 Å². The van der Waals surface area contributed by atoms with Gasteiger partial charge < -0.3 is 10.1 Å². The van der Waals surface area contributed by atoms with E-state index in [1.54, 1.807) is 10.9 Å². The van der Waals surface area contributed by atoms with Gasteiger partial charge in [0.15, 0.2) is 6.61 Å². The molecule has 1 fully saturated rings. The molecule has 7 heteroatoms. The number of rotatable bonds is 7.